The molecule has 7 aromatic heterocycles. The lowest BCUT2D eigenvalue weighted by atomic mass is 9.99. The van der Waals surface area contributed by atoms with E-state index in [1.165, 1.54) is 23.5 Å². The first kappa shape index (κ1) is 151. The van der Waals surface area contributed by atoms with Gasteiger partial charge in [0.25, 0.3) is 0 Å². The Kier molecular flexibility index (Phi) is 98.5. The number of hydrogen-bond acceptors (Lipinski definition) is 24. The SMILES string of the molecule is CC(C)/C=C(\O)C(C)C.CC(C)C.CC(C)C.CC(C)C(N)=O.CC(C)C(N)=O.CC(C)C1=NN=NC1.CC(C)CC(=N)C(C)C.CC(C)CC(=O)C(C)C.CC(C)N=C(N)C(C)C.CC(C)NC(=O)C(C)C.CC(C)NC(=O)C(C)C.CC(C)c1cnc(C(C)C)[nH]1.CC(C)c1cnc(C(C)C)[nH]1.CC(C)c1nn[nH]n1.CC(C)c1nn[nH]n1.CC(C)c1nn[nH]n1.O=c1cccc[nH]1.O=c1cccc[nH]1. The van der Waals surface area contributed by atoms with E-state index in [1.807, 2.05) is 171 Å². The van der Waals surface area contributed by atoms with Gasteiger partial charge < -0.3 is 58.3 Å². The maximum Gasteiger partial charge on any atom is 0.247 e. The van der Waals surface area contributed by atoms with E-state index in [4.69, 9.17) is 27.7 Å². The van der Waals surface area contributed by atoms with Crippen molar-refractivity contribution in [2.24, 2.45) is 120 Å². The molecule has 0 atom stereocenters. The number of ketones is 1. The molecule has 7 aromatic rings. The van der Waals surface area contributed by atoms with Gasteiger partial charge in [0.2, 0.25) is 34.7 Å². The minimum atomic E-state index is -0.241. The highest BCUT2D eigenvalue weighted by molar-refractivity contribution is 5.88. The summed E-state index contributed by atoms with van der Waals surface area (Å²) in [6, 6.07) is 10.7. The zero-order chi connectivity index (χ0) is 113. The van der Waals surface area contributed by atoms with E-state index in [9.17, 15) is 33.6 Å². The van der Waals surface area contributed by atoms with Gasteiger partial charge in [-0.15, -0.1) is 35.7 Å². The van der Waals surface area contributed by atoms with E-state index >= 15 is 0 Å². The first-order chi connectivity index (χ1) is 65.2. The quantitative estimate of drug-likeness (QED) is 0.0152. The molecule has 8 rings (SSSR count). The van der Waals surface area contributed by atoms with Crippen LogP contribution >= 0.6 is 0 Å². The maximum absolute atomic E-state index is 11.0. The number of nitrogens with one attached hydrogen (secondary N) is 10. The minimum Gasteiger partial charge on any atom is -0.512 e. The van der Waals surface area contributed by atoms with E-state index < -0.39 is 0 Å². The summed E-state index contributed by atoms with van der Waals surface area (Å²) in [5.41, 5.74) is 19.5. The van der Waals surface area contributed by atoms with Crippen LogP contribution < -0.4 is 39.0 Å². The highest BCUT2D eigenvalue weighted by atomic mass is 16.3. The average molecular weight is 2000 g/mol. The molecule has 36 nitrogen and oxygen atoms in total. The molecule has 0 aliphatic carbocycles. The van der Waals surface area contributed by atoms with Gasteiger partial charge in [0.1, 0.15) is 24.0 Å². The number of pyridine rings is 2. The molecule has 36 heteroatoms. The Morgan fingerprint density at radius 3 is 0.831 bits per heavy atom. The predicted molar refractivity (Wildman–Crippen MR) is 593 cm³/mol. The number of nitrogens with two attached hydrogens (primary N) is 3. The van der Waals surface area contributed by atoms with E-state index in [2.05, 4.69) is 289 Å². The fourth-order valence-corrected chi connectivity index (χ4v) is 7.59. The van der Waals surface area contributed by atoms with Crippen LogP contribution in [0.2, 0.25) is 0 Å². The first-order valence-electron chi connectivity index (χ1n) is 50.7. The number of carbonyl (C=O) groups excluding carboxylic acids is 5. The van der Waals surface area contributed by atoms with Crippen molar-refractivity contribution in [3.8, 4) is 0 Å². The van der Waals surface area contributed by atoms with Crippen molar-refractivity contribution in [2.45, 2.75) is 419 Å². The number of hydrogen-bond donors (Lipinski definition) is 14. The number of amidine groups is 1. The third-order valence-corrected chi connectivity index (χ3v) is 16.4. The molecule has 0 spiro atoms. The molecular formula is C106H208N28O8. The molecule has 8 heterocycles. The Balaban J connectivity index is -0.000000163. The third kappa shape index (κ3) is 109. The monoisotopic (exact) mass is 2000 g/mol. The van der Waals surface area contributed by atoms with Crippen molar-refractivity contribution in [3.05, 3.63) is 134 Å². The van der Waals surface area contributed by atoms with E-state index in [1.54, 1.807) is 64.4 Å². The van der Waals surface area contributed by atoms with Crippen LogP contribution in [0.15, 0.2) is 103 Å². The molecule has 0 aromatic carbocycles. The summed E-state index contributed by atoms with van der Waals surface area (Å²) < 4.78 is 0. The normalized spacial score (nSPS) is 11.0. The van der Waals surface area contributed by atoms with Crippen molar-refractivity contribution < 1.29 is 29.1 Å². The maximum atomic E-state index is 11.0. The lowest BCUT2D eigenvalue weighted by Crippen LogP contribution is -2.33. The molecule has 820 valence electrons. The first-order valence-corrected chi connectivity index (χ1v) is 50.7. The molecule has 0 radical (unpaired) electrons. The molecule has 0 bridgehead atoms. The smallest absolute Gasteiger partial charge is 0.247 e. The molecule has 4 amide bonds. The minimum absolute atomic E-state index is 0.00926. The van der Waals surface area contributed by atoms with Gasteiger partial charge in [-0.25, -0.2) is 9.97 Å². The number of carbonyl (C=O) groups is 5. The summed E-state index contributed by atoms with van der Waals surface area (Å²) in [7, 11) is 0. The highest BCUT2D eigenvalue weighted by Gasteiger charge is 2.14. The van der Waals surface area contributed by atoms with Gasteiger partial charge in [-0.05, 0) is 125 Å². The number of aliphatic hydroxyl groups is 1. The standard InChI is InChI=1S/2C9H16N2.C8H17N.2C8H16O.C7H16N2.2C7H15NO.C5H9N3.2C5H5NO.3C4H8N4.2C4H9NO.2C4H10/c2*1-6(2)8-5-10-9(11-8)7(3)4;3*1-6(2)5-8(9)7(3)4;1-5(2)7(8)9-6(3)4;2*1-5(2)7(9)8-6(3)4;1-4(2)5-3-6-8-7-5;2*7-5-3-1-2-4-6-5;3*1-3(2)4-5-7-8-6-4;2*1-3(2)4(5)6;2*1-4(2)3/h2*5-7H,1-4H3,(H,10,11);6-7,9H,5H2,1-4H3;6-7H,5H2,1-4H3;5-7,9H,1-4H3;5-6H,1-4H3,(H2,8,9);2*5-6H,1-4H3,(H,8,9);4H,3H2,1-2H3;2*1-4H,(H,6,7);3*3H,1-2H3,(H,5,6,7,8);2*3H,1-2H3,(H2,5,6);2*4H,1-3H3/b;;;;8-5-;;;;;;;;;;;;;. The lowest BCUT2D eigenvalue weighted by Gasteiger charge is -2.09. The van der Waals surface area contributed by atoms with Crippen LogP contribution in [0.3, 0.4) is 0 Å². The van der Waals surface area contributed by atoms with Crippen molar-refractivity contribution >= 4 is 46.7 Å². The van der Waals surface area contributed by atoms with Crippen molar-refractivity contribution in [1.82, 2.24) is 102 Å². The van der Waals surface area contributed by atoms with Gasteiger partial charge in [0.05, 0.1) is 17.3 Å². The number of imidazole rings is 2. The third-order valence-electron chi connectivity index (χ3n) is 16.4. The number of aromatic amines is 7. The second kappa shape index (κ2) is 92.4. The summed E-state index contributed by atoms with van der Waals surface area (Å²) in [4.78, 5) is 97.2. The summed E-state index contributed by atoms with van der Waals surface area (Å²) in [6.07, 6.45) is 10.6. The van der Waals surface area contributed by atoms with Crippen molar-refractivity contribution in [2.75, 3.05) is 6.54 Å². The van der Waals surface area contributed by atoms with Gasteiger partial charge in [-0.2, -0.15) is 20.8 Å². The Morgan fingerprint density at radius 1 is 0.415 bits per heavy atom. The molecule has 0 unspecified atom stereocenters. The average Bonchev–Trinajstić information content (AvgIpc) is 1.75. The topological polar surface area (TPSA) is 567 Å². The number of rotatable bonds is 24. The van der Waals surface area contributed by atoms with Gasteiger partial charge in [-0.3, -0.25) is 38.6 Å². The second-order valence-electron chi connectivity index (χ2n) is 41.9. The number of primary amides is 2. The highest BCUT2D eigenvalue weighted by Crippen LogP contribution is 2.18. The fourth-order valence-electron chi connectivity index (χ4n) is 7.59. The van der Waals surface area contributed by atoms with Gasteiger partial charge in [0, 0.05) is 150 Å². The van der Waals surface area contributed by atoms with Crippen molar-refractivity contribution in [3.63, 3.8) is 0 Å². The number of Topliss-reactive ketones (excluding diaryl/α,β-unsaturated/α-hetero) is 1. The molecule has 17 N–H and O–H groups in total. The summed E-state index contributed by atoms with van der Waals surface area (Å²) in [5, 5.41) is 73.2. The van der Waals surface area contributed by atoms with E-state index in [0.29, 0.717) is 101 Å². The van der Waals surface area contributed by atoms with Gasteiger partial charge in [-0.1, -0.05) is 332 Å². The summed E-state index contributed by atoms with van der Waals surface area (Å²) >= 11 is 0. The Morgan fingerprint density at radius 2 is 0.732 bits per heavy atom. The van der Waals surface area contributed by atoms with Crippen LogP contribution in [0.5, 0.6) is 0 Å². The number of amides is 4. The molecule has 142 heavy (non-hydrogen) atoms. The predicted octanol–water partition coefficient (Wildman–Crippen LogP) is 23.5. The number of nitrogens with zero attached hydrogens (tertiary/aromatic N) is 15. The molecule has 1 aliphatic rings. The Bertz CT molecular complexity index is 3910. The van der Waals surface area contributed by atoms with Crippen LogP contribution in [0.25, 0.3) is 0 Å². The number of aliphatic imine (C=N–C) groups is 1. The number of H-pyrrole nitrogens is 7. The number of tetrazole rings is 3. The van der Waals surface area contributed by atoms with Crippen molar-refractivity contribution in [1.29, 1.82) is 5.41 Å². The van der Waals surface area contributed by atoms with Crippen LogP contribution in [-0.4, -0.2) is 168 Å². The molecular weight excluding hydrogens is 1790 g/mol. The fraction of sp³-hybridized carbons (Fsp3) is 0.726. The Hall–Kier alpha value is -11.0. The van der Waals surface area contributed by atoms with Crippen LogP contribution in [0, 0.1) is 88.3 Å². The zero-order valence-electron chi connectivity index (χ0n) is 98.1. The zero-order valence-corrected chi connectivity index (χ0v) is 98.1. The van der Waals surface area contributed by atoms with E-state index in [0.717, 1.165) is 71.1 Å². The number of aromatic nitrogens is 18. The second-order valence-corrected chi connectivity index (χ2v) is 41.9. The largest absolute Gasteiger partial charge is 0.512 e. The summed E-state index contributed by atoms with van der Waals surface area (Å²) in [6.45, 7) is 102. The Labute approximate surface area is 858 Å². The molecule has 0 saturated carbocycles. The summed E-state index contributed by atoms with van der Waals surface area (Å²) in [5.74, 6) is 14.4. The van der Waals surface area contributed by atoms with Gasteiger partial charge >= 0.3 is 0 Å². The molecule has 1 aliphatic heterocycles. The van der Waals surface area contributed by atoms with Gasteiger partial charge in [0.15, 0.2) is 17.5 Å². The van der Waals surface area contributed by atoms with Crippen LogP contribution in [0.4, 0.5) is 0 Å². The number of allylic oxidation sites excluding steroid dienone is 2. The van der Waals surface area contributed by atoms with Crippen LogP contribution in [-0.2, 0) is 24.0 Å². The number of aliphatic hydroxyl groups excluding tert-OH is 1. The molecule has 0 saturated heterocycles. The lowest BCUT2D eigenvalue weighted by molar-refractivity contribution is -0.125. The molecule has 0 fully saturated rings. The van der Waals surface area contributed by atoms with Crippen LogP contribution in [0.1, 0.15) is 441 Å². The van der Waals surface area contributed by atoms with E-state index in [-0.39, 0.29) is 82.3 Å².